The van der Waals surface area contributed by atoms with Crippen LogP contribution in [0.3, 0.4) is 0 Å². The first kappa shape index (κ1) is 18.6. The number of amides is 1. The van der Waals surface area contributed by atoms with E-state index in [2.05, 4.69) is 20.6 Å². The van der Waals surface area contributed by atoms with Crippen molar-refractivity contribution >= 4 is 23.3 Å². The number of carbonyl (C=O) groups excluding carboxylic acids is 1. The summed E-state index contributed by atoms with van der Waals surface area (Å²) in [6.07, 6.45) is 3.64. The van der Waals surface area contributed by atoms with Gasteiger partial charge in [-0.1, -0.05) is 11.6 Å². The van der Waals surface area contributed by atoms with Gasteiger partial charge in [-0.3, -0.25) is 4.79 Å². The van der Waals surface area contributed by atoms with Crippen LogP contribution >= 0.6 is 11.6 Å². The van der Waals surface area contributed by atoms with E-state index in [9.17, 15) is 9.18 Å². The SMILES string of the molecule is Cc1cc(NC2CCC(NC(=O)c3ccc(F)c(Cl)c3)CC2)nc(C)n1. The minimum absolute atomic E-state index is 0.0407. The lowest BCUT2D eigenvalue weighted by atomic mass is 9.91. The summed E-state index contributed by atoms with van der Waals surface area (Å²) in [6, 6.07) is 6.40. The maximum absolute atomic E-state index is 13.2. The third-order valence-corrected chi connectivity index (χ3v) is 4.85. The molecule has 5 nitrogen and oxygen atoms in total. The number of nitrogens with one attached hydrogen (secondary N) is 2. The molecule has 1 aliphatic rings. The molecule has 0 radical (unpaired) electrons. The standard InChI is InChI=1S/C19H22ClFN4O/c1-11-9-18(23-12(2)22-11)24-14-4-6-15(7-5-14)25-19(26)13-3-8-17(21)16(20)10-13/h3,8-10,14-15H,4-7H2,1-2H3,(H,25,26)(H,22,23,24). The minimum Gasteiger partial charge on any atom is -0.367 e. The fourth-order valence-electron chi connectivity index (χ4n) is 3.29. The van der Waals surface area contributed by atoms with Crippen molar-refractivity contribution in [1.82, 2.24) is 15.3 Å². The number of aromatic nitrogens is 2. The maximum Gasteiger partial charge on any atom is 0.251 e. The van der Waals surface area contributed by atoms with Gasteiger partial charge in [0.05, 0.1) is 5.02 Å². The third kappa shape index (κ3) is 4.69. The van der Waals surface area contributed by atoms with Crippen LogP contribution in [-0.2, 0) is 0 Å². The molecule has 26 heavy (non-hydrogen) atoms. The fraction of sp³-hybridized carbons (Fsp3) is 0.421. The van der Waals surface area contributed by atoms with Crippen molar-refractivity contribution in [3.63, 3.8) is 0 Å². The van der Waals surface area contributed by atoms with Crippen molar-refractivity contribution < 1.29 is 9.18 Å². The first-order chi connectivity index (χ1) is 12.4. The zero-order chi connectivity index (χ0) is 18.7. The van der Waals surface area contributed by atoms with Crippen LogP contribution in [0, 0.1) is 19.7 Å². The second-order valence-corrected chi connectivity index (χ2v) is 7.14. The molecule has 0 bridgehead atoms. The summed E-state index contributed by atoms with van der Waals surface area (Å²) in [5.41, 5.74) is 1.32. The van der Waals surface area contributed by atoms with Crippen LogP contribution in [0.25, 0.3) is 0 Å². The quantitative estimate of drug-likeness (QED) is 0.845. The summed E-state index contributed by atoms with van der Waals surface area (Å²) >= 11 is 5.75. The van der Waals surface area contributed by atoms with Gasteiger partial charge in [0.25, 0.3) is 5.91 Å². The lowest BCUT2D eigenvalue weighted by Crippen LogP contribution is -2.40. The van der Waals surface area contributed by atoms with E-state index in [1.165, 1.54) is 18.2 Å². The van der Waals surface area contributed by atoms with Crippen molar-refractivity contribution in [3.05, 3.63) is 52.2 Å². The molecular weight excluding hydrogens is 355 g/mol. The van der Waals surface area contributed by atoms with Gasteiger partial charge in [0.15, 0.2) is 0 Å². The number of anilines is 1. The van der Waals surface area contributed by atoms with Gasteiger partial charge in [0, 0.05) is 29.4 Å². The summed E-state index contributed by atoms with van der Waals surface area (Å²) in [6.45, 7) is 3.83. The average molecular weight is 377 g/mol. The van der Waals surface area contributed by atoms with Crippen molar-refractivity contribution in [2.75, 3.05) is 5.32 Å². The Hall–Kier alpha value is -2.21. The summed E-state index contributed by atoms with van der Waals surface area (Å²) in [5.74, 6) is 0.866. The first-order valence-corrected chi connectivity index (χ1v) is 9.13. The van der Waals surface area contributed by atoms with E-state index in [4.69, 9.17) is 11.6 Å². The van der Waals surface area contributed by atoms with Gasteiger partial charge in [0.1, 0.15) is 17.5 Å². The molecule has 7 heteroatoms. The van der Waals surface area contributed by atoms with Gasteiger partial charge in [0.2, 0.25) is 0 Å². The molecule has 1 aromatic heterocycles. The number of hydrogen-bond acceptors (Lipinski definition) is 4. The molecule has 1 saturated carbocycles. The van der Waals surface area contributed by atoms with Gasteiger partial charge in [-0.15, -0.1) is 0 Å². The maximum atomic E-state index is 13.2. The van der Waals surface area contributed by atoms with Crippen LogP contribution in [-0.4, -0.2) is 28.0 Å². The minimum atomic E-state index is -0.523. The van der Waals surface area contributed by atoms with E-state index in [0.717, 1.165) is 43.0 Å². The highest BCUT2D eigenvalue weighted by Gasteiger charge is 2.23. The molecule has 0 aliphatic heterocycles. The summed E-state index contributed by atoms with van der Waals surface area (Å²) in [7, 11) is 0. The Balaban J connectivity index is 1.51. The fourth-order valence-corrected chi connectivity index (χ4v) is 3.47. The molecule has 0 atom stereocenters. The van der Waals surface area contributed by atoms with E-state index in [-0.39, 0.29) is 17.0 Å². The molecule has 138 valence electrons. The zero-order valence-corrected chi connectivity index (χ0v) is 15.6. The molecule has 0 unspecified atom stereocenters. The third-order valence-electron chi connectivity index (χ3n) is 4.56. The molecule has 0 saturated heterocycles. The predicted molar refractivity (Wildman–Crippen MR) is 100 cm³/mol. The normalized spacial score (nSPS) is 19.8. The van der Waals surface area contributed by atoms with E-state index < -0.39 is 5.82 Å². The smallest absolute Gasteiger partial charge is 0.251 e. The lowest BCUT2D eigenvalue weighted by Gasteiger charge is -2.30. The van der Waals surface area contributed by atoms with Gasteiger partial charge >= 0.3 is 0 Å². The second kappa shape index (κ2) is 7.99. The van der Waals surface area contributed by atoms with Gasteiger partial charge in [-0.05, 0) is 57.7 Å². The van der Waals surface area contributed by atoms with Crippen LogP contribution in [0.4, 0.5) is 10.2 Å². The van der Waals surface area contributed by atoms with Crippen molar-refractivity contribution in [1.29, 1.82) is 0 Å². The van der Waals surface area contributed by atoms with Crippen molar-refractivity contribution in [2.45, 2.75) is 51.6 Å². The molecule has 1 amide bonds. The number of hydrogen-bond donors (Lipinski definition) is 2. The van der Waals surface area contributed by atoms with Crippen LogP contribution < -0.4 is 10.6 Å². The predicted octanol–water partition coefficient (Wildman–Crippen LogP) is 4.04. The molecule has 1 heterocycles. The summed E-state index contributed by atoms with van der Waals surface area (Å²) in [5, 5.41) is 6.43. The topological polar surface area (TPSA) is 66.9 Å². The number of rotatable bonds is 4. The monoisotopic (exact) mass is 376 g/mol. The Labute approximate surface area is 157 Å². The summed E-state index contributed by atoms with van der Waals surface area (Å²) < 4.78 is 13.2. The highest BCUT2D eigenvalue weighted by molar-refractivity contribution is 6.31. The van der Waals surface area contributed by atoms with Crippen molar-refractivity contribution in [3.8, 4) is 0 Å². The first-order valence-electron chi connectivity index (χ1n) is 8.75. The Morgan fingerprint density at radius 3 is 2.46 bits per heavy atom. The Bertz CT molecular complexity index is 786. The molecule has 3 rings (SSSR count). The van der Waals surface area contributed by atoms with Gasteiger partial charge in [-0.25, -0.2) is 14.4 Å². The molecule has 2 N–H and O–H groups in total. The van der Waals surface area contributed by atoms with Crippen LogP contribution in [0.15, 0.2) is 24.3 Å². The van der Waals surface area contributed by atoms with E-state index in [0.29, 0.717) is 11.6 Å². The number of nitrogens with zero attached hydrogens (tertiary/aromatic N) is 2. The second-order valence-electron chi connectivity index (χ2n) is 6.74. The van der Waals surface area contributed by atoms with E-state index in [1.54, 1.807) is 0 Å². The molecular formula is C19H22ClFN4O. The highest BCUT2D eigenvalue weighted by Crippen LogP contribution is 2.23. The number of benzene rings is 1. The number of carbonyl (C=O) groups is 1. The Kier molecular flexibility index (Phi) is 5.71. The largest absolute Gasteiger partial charge is 0.367 e. The number of halogens is 2. The van der Waals surface area contributed by atoms with Crippen molar-refractivity contribution in [2.24, 2.45) is 0 Å². The van der Waals surface area contributed by atoms with E-state index in [1.807, 2.05) is 19.9 Å². The molecule has 0 spiro atoms. The molecule has 1 aromatic carbocycles. The van der Waals surface area contributed by atoms with Gasteiger partial charge < -0.3 is 10.6 Å². The van der Waals surface area contributed by atoms with Crippen LogP contribution in [0.1, 0.15) is 47.6 Å². The number of aryl methyl sites for hydroxylation is 2. The average Bonchev–Trinajstić information content (AvgIpc) is 2.58. The molecule has 1 fully saturated rings. The van der Waals surface area contributed by atoms with Crippen LogP contribution in [0.5, 0.6) is 0 Å². The van der Waals surface area contributed by atoms with E-state index >= 15 is 0 Å². The zero-order valence-electron chi connectivity index (χ0n) is 14.9. The van der Waals surface area contributed by atoms with Gasteiger partial charge in [-0.2, -0.15) is 0 Å². The molecule has 2 aromatic rings. The highest BCUT2D eigenvalue weighted by atomic mass is 35.5. The van der Waals surface area contributed by atoms with Crippen LogP contribution in [0.2, 0.25) is 5.02 Å². The Morgan fingerprint density at radius 2 is 1.81 bits per heavy atom. The Morgan fingerprint density at radius 1 is 1.12 bits per heavy atom. The lowest BCUT2D eigenvalue weighted by molar-refractivity contribution is 0.0926. The molecule has 1 aliphatic carbocycles. The summed E-state index contributed by atoms with van der Waals surface area (Å²) in [4.78, 5) is 21.0.